The molecule has 0 unspecified atom stereocenters. The average Bonchev–Trinajstić information content (AvgIpc) is 2.69. The highest BCUT2D eigenvalue weighted by molar-refractivity contribution is 5.94. The van der Waals surface area contributed by atoms with Crippen LogP contribution in [-0.4, -0.2) is 46.2 Å². The number of anilines is 1. The van der Waals surface area contributed by atoms with Crippen LogP contribution in [0.1, 0.15) is 50.5 Å². The number of carbonyl (C=O) groups excluding carboxylic acids is 1. The molecule has 1 aliphatic heterocycles. The number of pyridine rings is 1. The number of hydrogen-bond donors (Lipinski definition) is 3. The third-order valence-electron chi connectivity index (χ3n) is 5.29. The predicted octanol–water partition coefficient (Wildman–Crippen LogP) is 3.95. The van der Waals surface area contributed by atoms with Gasteiger partial charge >= 0.3 is 5.91 Å². The van der Waals surface area contributed by atoms with E-state index in [9.17, 15) is 9.18 Å². The largest absolute Gasteiger partial charge is 0.366 e. The Hall–Kier alpha value is -1.41. The van der Waals surface area contributed by atoms with Gasteiger partial charge in [0.1, 0.15) is 5.82 Å². The quantitative estimate of drug-likeness (QED) is 0.371. The molecule has 1 amide bonds. The lowest BCUT2D eigenvalue weighted by atomic mass is 9.92. The number of nitrogens with zero attached hydrogens (tertiary/aromatic N) is 2. The zero-order chi connectivity index (χ0) is 18.4. The average molecular weight is 435 g/mol. The molecule has 1 aromatic rings. The van der Waals surface area contributed by atoms with Crippen molar-refractivity contribution in [1.29, 1.82) is 0 Å². The fourth-order valence-corrected chi connectivity index (χ4v) is 3.95. The van der Waals surface area contributed by atoms with E-state index in [1.165, 1.54) is 56.7 Å². The number of nitrogens with one attached hydrogen (secondary N) is 2. The third-order valence-corrected chi connectivity index (χ3v) is 5.29. The Balaban J connectivity index is 0.00000196. The van der Waals surface area contributed by atoms with Gasteiger partial charge < -0.3 is 5.32 Å². The van der Waals surface area contributed by atoms with Crippen molar-refractivity contribution < 1.29 is 14.4 Å². The molecule has 158 valence electrons. The van der Waals surface area contributed by atoms with Crippen molar-refractivity contribution >= 4 is 42.6 Å². The van der Waals surface area contributed by atoms with Crippen molar-refractivity contribution in [2.45, 2.75) is 57.0 Å². The molecular formula is C19H29Cl2FN4O2. The number of amides is 1. The Morgan fingerprint density at radius 2 is 1.93 bits per heavy atom. The van der Waals surface area contributed by atoms with Gasteiger partial charge in [0.25, 0.3) is 0 Å². The number of aromatic nitrogens is 1. The van der Waals surface area contributed by atoms with Crippen molar-refractivity contribution in [3.8, 4) is 0 Å². The molecule has 2 fully saturated rings. The van der Waals surface area contributed by atoms with E-state index < -0.39 is 11.7 Å². The standard InChI is InChI=1S/C19H27FN4O2.2ClH/c20-17(19(25)23-26)11-14-8-9-18(21-12-14)22-15-5-4-10-24(13-15)16-6-2-1-3-7-16;;/h8-9,11-12,15-16,26H,1-7,10,13H2,(H,21,22)(H,23,25);2*1H/t15-;;/m1../s1. The van der Waals surface area contributed by atoms with Crippen LogP contribution in [0.15, 0.2) is 24.2 Å². The van der Waals surface area contributed by atoms with Gasteiger partial charge in [-0.3, -0.25) is 14.9 Å². The molecule has 0 spiro atoms. The van der Waals surface area contributed by atoms with Gasteiger partial charge in [0.2, 0.25) is 0 Å². The molecule has 1 saturated heterocycles. The fraction of sp³-hybridized carbons (Fsp3) is 0.579. The fourth-order valence-electron chi connectivity index (χ4n) is 3.95. The highest BCUT2D eigenvalue weighted by Gasteiger charge is 2.26. The molecule has 3 N–H and O–H groups in total. The van der Waals surface area contributed by atoms with Gasteiger partial charge in [0, 0.05) is 24.8 Å². The number of rotatable bonds is 5. The second-order valence-corrected chi connectivity index (χ2v) is 7.18. The maximum absolute atomic E-state index is 13.4. The number of hydroxylamine groups is 1. The van der Waals surface area contributed by atoms with Crippen molar-refractivity contribution in [2.24, 2.45) is 0 Å². The van der Waals surface area contributed by atoms with Gasteiger partial charge in [-0.2, -0.15) is 0 Å². The van der Waals surface area contributed by atoms with Crippen LogP contribution in [0.3, 0.4) is 0 Å². The Kier molecular flexibility index (Phi) is 10.7. The minimum absolute atomic E-state index is 0. The van der Waals surface area contributed by atoms with E-state index in [2.05, 4.69) is 15.2 Å². The topological polar surface area (TPSA) is 77.5 Å². The first-order valence-electron chi connectivity index (χ1n) is 9.44. The van der Waals surface area contributed by atoms with E-state index >= 15 is 0 Å². The Bertz CT molecular complexity index is 639. The maximum atomic E-state index is 13.4. The molecular weight excluding hydrogens is 406 g/mol. The highest BCUT2D eigenvalue weighted by atomic mass is 35.5. The van der Waals surface area contributed by atoms with Crippen molar-refractivity contribution in [3.05, 3.63) is 29.7 Å². The van der Waals surface area contributed by atoms with E-state index in [0.717, 1.165) is 30.9 Å². The molecule has 28 heavy (non-hydrogen) atoms. The highest BCUT2D eigenvalue weighted by Crippen LogP contribution is 2.26. The van der Waals surface area contributed by atoms with Gasteiger partial charge in [-0.15, -0.1) is 24.8 Å². The number of piperidine rings is 1. The van der Waals surface area contributed by atoms with Crippen molar-refractivity contribution in [1.82, 2.24) is 15.4 Å². The Morgan fingerprint density at radius 1 is 1.18 bits per heavy atom. The second kappa shape index (κ2) is 12.2. The van der Waals surface area contributed by atoms with Gasteiger partial charge in [-0.1, -0.05) is 19.3 Å². The maximum Gasteiger partial charge on any atom is 0.303 e. The first kappa shape index (κ1) is 24.6. The predicted molar refractivity (Wildman–Crippen MR) is 113 cm³/mol. The lowest BCUT2D eigenvalue weighted by Gasteiger charge is -2.40. The molecule has 1 aromatic heterocycles. The van der Waals surface area contributed by atoms with E-state index in [1.54, 1.807) is 12.1 Å². The third kappa shape index (κ3) is 6.88. The van der Waals surface area contributed by atoms with Crippen LogP contribution in [0, 0.1) is 0 Å². The van der Waals surface area contributed by atoms with Crippen molar-refractivity contribution in [3.63, 3.8) is 0 Å². The Morgan fingerprint density at radius 3 is 2.57 bits per heavy atom. The zero-order valence-corrected chi connectivity index (χ0v) is 17.4. The molecule has 9 heteroatoms. The van der Waals surface area contributed by atoms with Crippen LogP contribution in [-0.2, 0) is 4.79 Å². The second-order valence-electron chi connectivity index (χ2n) is 7.18. The van der Waals surface area contributed by atoms with Crippen LogP contribution < -0.4 is 10.8 Å². The number of hydrogen-bond acceptors (Lipinski definition) is 5. The van der Waals surface area contributed by atoms with Gasteiger partial charge in [0.05, 0.1) is 0 Å². The minimum atomic E-state index is -1.17. The molecule has 6 nitrogen and oxygen atoms in total. The van der Waals surface area contributed by atoms with Gasteiger partial charge in [0.15, 0.2) is 5.83 Å². The van der Waals surface area contributed by atoms with Crippen LogP contribution in [0.25, 0.3) is 6.08 Å². The summed E-state index contributed by atoms with van der Waals surface area (Å²) in [4.78, 5) is 17.9. The van der Waals surface area contributed by atoms with Crippen molar-refractivity contribution in [2.75, 3.05) is 18.4 Å². The Labute approximate surface area is 177 Å². The molecule has 0 radical (unpaired) electrons. The van der Waals surface area contributed by atoms with Crippen LogP contribution >= 0.6 is 24.8 Å². The van der Waals surface area contributed by atoms with E-state index in [0.29, 0.717) is 11.6 Å². The summed E-state index contributed by atoms with van der Waals surface area (Å²) in [6.07, 6.45) is 11.6. The SMILES string of the molecule is Cl.Cl.O=C(NO)C(F)=Cc1ccc(N[C@@H]2CCCN(C3CCCCC3)C2)nc1. The minimum Gasteiger partial charge on any atom is -0.366 e. The molecule has 1 aliphatic carbocycles. The number of halogens is 3. The van der Waals surface area contributed by atoms with Gasteiger partial charge in [-0.05, 0) is 56.0 Å². The summed E-state index contributed by atoms with van der Waals surface area (Å²) in [5, 5.41) is 11.9. The number of carbonyl (C=O) groups is 1. The number of likely N-dealkylation sites (tertiary alicyclic amines) is 1. The van der Waals surface area contributed by atoms with Crippen LogP contribution in [0.2, 0.25) is 0 Å². The molecule has 0 aromatic carbocycles. The first-order chi connectivity index (χ1) is 12.7. The van der Waals surface area contributed by atoms with Crippen LogP contribution in [0.5, 0.6) is 0 Å². The normalized spacial score (nSPS) is 21.2. The smallest absolute Gasteiger partial charge is 0.303 e. The molecule has 2 heterocycles. The van der Waals surface area contributed by atoms with E-state index in [1.807, 2.05) is 0 Å². The first-order valence-corrected chi connectivity index (χ1v) is 9.44. The summed E-state index contributed by atoms with van der Waals surface area (Å²) >= 11 is 0. The monoisotopic (exact) mass is 434 g/mol. The summed E-state index contributed by atoms with van der Waals surface area (Å²) in [6.45, 7) is 2.23. The van der Waals surface area contributed by atoms with E-state index in [4.69, 9.17) is 5.21 Å². The zero-order valence-electron chi connectivity index (χ0n) is 15.8. The molecule has 3 rings (SSSR count). The summed E-state index contributed by atoms with van der Waals surface area (Å²) in [6, 6.07) is 4.59. The lowest BCUT2D eigenvalue weighted by molar-refractivity contribution is -0.126. The summed E-state index contributed by atoms with van der Waals surface area (Å²) in [5.41, 5.74) is 1.72. The molecule has 1 saturated carbocycles. The summed E-state index contributed by atoms with van der Waals surface area (Å²) in [7, 11) is 0. The summed E-state index contributed by atoms with van der Waals surface area (Å²) in [5.74, 6) is -1.48. The lowest BCUT2D eigenvalue weighted by Crippen LogP contribution is -2.47. The summed E-state index contributed by atoms with van der Waals surface area (Å²) < 4.78 is 13.4. The molecule has 2 aliphatic rings. The van der Waals surface area contributed by atoms with Gasteiger partial charge in [-0.25, -0.2) is 14.9 Å². The molecule has 0 bridgehead atoms. The van der Waals surface area contributed by atoms with Crippen LogP contribution in [0.4, 0.5) is 10.2 Å². The molecule has 1 atom stereocenters. The van der Waals surface area contributed by atoms with E-state index in [-0.39, 0.29) is 24.8 Å².